The average molecular weight is 288 g/mol. The van der Waals surface area contributed by atoms with E-state index >= 15 is 0 Å². The monoisotopic (exact) mass is 288 g/mol. The molecule has 0 fully saturated rings. The molecule has 1 aromatic carbocycles. The molecule has 108 valence electrons. The van der Waals surface area contributed by atoms with Gasteiger partial charge < -0.3 is 10.2 Å². The Bertz CT molecular complexity index is 424. The Morgan fingerprint density at radius 1 is 0.895 bits per heavy atom. The van der Waals surface area contributed by atoms with E-state index in [0.717, 1.165) is 12.1 Å². The lowest BCUT2D eigenvalue weighted by molar-refractivity contribution is -0.376. The van der Waals surface area contributed by atoms with Crippen LogP contribution >= 0.6 is 0 Å². The smallest absolute Gasteiger partial charge is 0.396 e. The minimum atomic E-state index is -5.92. The van der Waals surface area contributed by atoms with E-state index in [4.69, 9.17) is 5.11 Å². The van der Waals surface area contributed by atoms with Gasteiger partial charge in [0, 0.05) is 12.2 Å². The van der Waals surface area contributed by atoms with Crippen LogP contribution in [0.2, 0.25) is 0 Å². The molecule has 0 bridgehead atoms. The van der Waals surface area contributed by atoms with Gasteiger partial charge in [0.2, 0.25) is 0 Å². The predicted octanol–water partition coefficient (Wildman–Crippen LogP) is 2.53. The lowest BCUT2D eigenvalue weighted by Crippen LogP contribution is -2.54. The molecule has 19 heavy (non-hydrogen) atoms. The lowest BCUT2D eigenvalue weighted by Gasteiger charge is -2.34. The van der Waals surface area contributed by atoms with Crippen molar-refractivity contribution >= 4 is 0 Å². The molecule has 0 aliphatic rings. The van der Waals surface area contributed by atoms with Crippen LogP contribution in [0.1, 0.15) is 11.1 Å². The summed E-state index contributed by atoms with van der Waals surface area (Å²) in [7, 11) is 0. The number of halogens is 6. The summed E-state index contributed by atoms with van der Waals surface area (Å²) in [4.78, 5) is 0. The van der Waals surface area contributed by atoms with Crippen molar-refractivity contribution in [3.05, 3.63) is 35.4 Å². The van der Waals surface area contributed by atoms with Gasteiger partial charge in [-0.05, 0) is 12.0 Å². The molecule has 0 heterocycles. The molecule has 0 saturated carbocycles. The second-order valence-corrected chi connectivity index (χ2v) is 3.84. The van der Waals surface area contributed by atoms with Crippen molar-refractivity contribution in [3.63, 3.8) is 0 Å². The van der Waals surface area contributed by atoms with E-state index in [1.807, 2.05) is 0 Å². The van der Waals surface area contributed by atoms with Gasteiger partial charge in [-0.1, -0.05) is 24.3 Å². The molecule has 2 N–H and O–H groups in total. The standard InChI is InChI=1S/C11H10F6O2/c12-10(13,14)9(19,11(15,16)17)8-4-2-1-3-7(8)5-6-18/h1-4,18-19H,5-6H2. The van der Waals surface area contributed by atoms with Crippen LogP contribution < -0.4 is 0 Å². The molecule has 0 radical (unpaired) electrons. The summed E-state index contributed by atoms with van der Waals surface area (Å²) >= 11 is 0. The number of alkyl halides is 6. The van der Waals surface area contributed by atoms with Crippen LogP contribution in [0.3, 0.4) is 0 Å². The average Bonchev–Trinajstić information content (AvgIpc) is 2.26. The van der Waals surface area contributed by atoms with E-state index in [1.54, 1.807) is 0 Å². The molecule has 0 unspecified atom stereocenters. The summed E-state index contributed by atoms with van der Waals surface area (Å²) in [5, 5.41) is 17.9. The third kappa shape index (κ3) is 2.69. The highest BCUT2D eigenvalue weighted by atomic mass is 19.4. The zero-order valence-corrected chi connectivity index (χ0v) is 9.39. The Hall–Kier alpha value is -1.28. The van der Waals surface area contributed by atoms with Gasteiger partial charge in [0.25, 0.3) is 5.60 Å². The fourth-order valence-corrected chi connectivity index (χ4v) is 1.68. The van der Waals surface area contributed by atoms with Gasteiger partial charge >= 0.3 is 12.4 Å². The van der Waals surface area contributed by atoms with E-state index in [1.165, 1.54) is 6.07 Å². The number of aliphatic hydroxyl groups is 2. The van der Waals surface area contributed by atoms with Crippen molar-refractivity contribution in [1.29, 1.82) is 0 Å². The molecule has 1 rings (SSSR count). The molecule has 0 atom stereocenters. The Morgan fingerprint density at radius 2 is 1.37 bits per heavy atom. The summed E-state index contributed by atoms with van der Waals surface area (Å²) in [6.07, 6.45) is -12.3. The van der Waals surface area contributed by atoms with Crippen LogP contribution in [-0.4, -0.2) is 29.2 Å². The number of hydrogen-bond acceptors (Lipinski definition) is 2. The van der Waals surface area contributed by atoms with E-state index < -0.39 is 42.1 Å². The fourth-order valence-electron chi connectivity index (χ4n) is 1.68. The van der Waals surface area contributed by atoms with Crippen LogP contribution in [0.25, 0.3) is 0 Å². The van der Waals surface area contributed by atoms with Crippen molar-refractivity contribution in [3.8, 4) is 0 Å². The van der Waals surface area contributed by atoms with Crippen molar-refractivity contribution in [2.45, 2.75) is 24.4 Å². The molecule has 8 heteroatoms. The molecule has 1 aromatic rings. The minimum absolute atomic E-state index is 0.415. The lowest BCUT2D eigenvalue weighted by atomic mass is 9.87. The minimum Gasteiger partial charge on any atom is -0.396 e. The van der Waals surface area contributed by atoms with Gasteiger partial charge in [0.05, 0.1) is 0 Å². The van der Waals surface area contributed by atoms with E-state index in [2.05, 4.69) is 0 Å². The van der Waals surface area contributed by atoms with Gasteiger partial charge in [-0.15, -0.1) is 0 Å². The first-order valence-electron chi connectivity index (χ1n) is 5.10. The number of aliphatic hydroxyl groups excluding tert-OH is 1. The van der Waals surface area contributed by atoms with E-state index in [-0.39, 0.29) is 0 Å². The van der Waals surface area contributed by atoms with Gasteiger partial charge in [-0.3, -0.25) is 0 Å². The molecule has 2 nitrogen and oxygen atoms in total. The van der Waals surface area contributed by atoms with Crippen molar-refractivity contribution in [2.24, 2.45) is 0 Å². The summed E-state index contributed by atoms with van der Waals surface area (Å²) in [6.45, 7) is -0.636. The number of rotatable bonds is 3. The molecule has 0 amide bonds. The van der Waals surface area contributed by atoms with E-state index in [9.17, 15) is 31.4 Å². The van der Waals surface area contributed by atoms with Crippen molar-refractivity contribution in [1.82, 2.24) is 0 Å². The summed E-state index contributed by atoms with van der Waals surface area (Å²) in [6, 6.07) is 3.72. The summed E-state index contributed by atoms with van der Waals surface area (Å²) in [5.41, 5.74) is -6.68. The van der Waals surface area contributed by atoms with Gasteiger partial charge in [-0.25, -0.2) is 0 Å². The number of benzene rings is 1. The second kappa shape index (κ2) is 5.01. The van der Waals surface area contributed by atoms with Crippen LogP contribution in [0.4, 0.5) is 26.3 Å². The highest BCUT2D eigenvalue weighted by Gasteiger charge is 2.71. The normalized spacial score (nSPS) is 13.7. The molecule has 0 aliphatic carbocycles. The Labute approximate surface area is 104 Å². The van der Waals surface area contributed by atoms with Crippen LogP contribution in [0.5, 0.6) is 0 Å². The largest absolute Gasteiger partial charge is 0.430 e. The van der Waals surface area contributed by atoms with Gasteiger partial charge in [0.1, 0.15) is 0 Å². The first-order valence-corrected chi connectivity index (χ1v) is 5.10. The number of hydrogen-bond donors (Lipinski definition) is 2. The van der Waals surface area contributed by atoms with Gasteiger partial charge in [0.15, 0.2) is 0 Å². The quantitative estimate of drug-likeness (QED) is 0.839. The molecule has 0 saturated heterocycles. The maximum absolute atomic E-state index is 12.7. The maximum Gasteiger partial charge on any atom is 0.430 e. The van der Waals surface area contributed by atoms with E-state index in [0.29, 0.717) is 6.07 Å². The highest BCUT2D eigenvalue weighted by Crippen LogP contribution is 2.50. The second-order valence-electron chi connectivity index (χ2n) is 3.84. The fraction of sp³-hybridized carbons (Fsp3) is 0.455. The van der Waals surface area contributed by atoms with Crippen LogP contribution in [0.15, 0.2) is 24.3 Å². The molecule has 0 aliphatic heterocycles. The van der Waals surface area contributed by atoms with Crippen LogP contribution in [-0.2, 0) is 12.0 Å². The third-order valence-electron chi connectivity index (χ3n) is 2.61. The highest BCUT2D eigenvalue weighted by molar-refractivity contribution is 5.35. The Kier molecular flexibility index (Phi) is 4.16. The molecular weight excluding hydrogens is 278 g/mol. The topological polar surface area (TPSA) is 40.5 Å². The summed E-state index contributed by atoms with van der Waals surface area (Å²) < 4.78 is 76.0. The summed E-state index contributed by atoms with van der Waals surface area (Å²) in [5.74, 6) is 0. The predicted molar refractivity (Wildman–Crippen MR) is 53.2 cm³/mol. The third-order valence-corrected chi connectivity index (χ3v) is 2.61. The Balaban J connectivity index is 3.52. The molecular formula is C11H10F6O2. The molecule has 0 spiro atoms. The maximum atomic E-state index is 12.7. The SMILES string of the molecule is OCCc1ccccc1C(O)(C(F)(F)F)C(F)(F)F. The zero-order valence-electron chi connectivity index (χ0n) is 9.39. The van der Waals surface area contributed by atoms with Crippen molar-refractivity contribution < 1.29 is 36.6 Å². The molecule has 0 aromatic heterocycles. The van der Waals surface area contributed by atoms with Crippen molar-refractivity contribution in [2.75, 3.05) is 6.61 Å². The first kappa shape index (κ1) is 15.8. The zero-order chi connectivity index (χ0) is 14.9. The van der Waals surface area contributed by atoms with Crippen LogP contribution in [0, 0.1) is 0 Å². The Morgan fingerprint density at radius 3 is 1.79 bits per heavy atom. The first-order chi connectivity index (χ1) is 8.55. The van der Waals surface area contributed by atoms with Gasteiger partial charge in [-0.2, -0.15) is 26.3 Å².